The van der Waals surface area contributed by atoms with E-state index >= 15 is 0 Å². The van der Waals surface area contributed by atoms with Crippen LogP contribution in [0.15, 0.2) is 36.5 Å². The number of carbonyl (C=O) groups is 4. The predicted octanol–water partition coefficient (Wildman–Crippen LogP) is 3.42. The third kappa shape index (κ3) is 4.68. The normalized spacial score (nSPS) is 23.6. The number of amides is 4. The van der Waals surface area contributed by atoms with Crippen LogP contribution in [-0.2, 0) is 16.1 Å². The van der Waals surface area contributed by atoms with Gasteiger partial charge in [-0.3, -0.25) is 34.1 Å². The SMILES string of the molecule is Cc1nc(-c2cn(CC3CC3CNc3ccc4c(c3)C(=O)N(C3CCC(=O)NC3=O)C4=O)nc2C2CC2)ccc1F. The summed E-state index contributed by atoms with van der Waals surface area (Å²) < 4.78 is 15.8. The van der Waals surface area contributed by atoms with Crippen molar-refractivity contribution in [3.63, 3.8) is 0 Å². The Bertz CT molecular complexity index is 1630. The van der Waals surface area contributed by atoms with Crippen LogP contribution in [0.25, 0.3) is 11.3 Å². The number of nitrogens with one attached hydrogen (secondary N) is 2. The smallest absolute Gasteiger partial charge is 0.262 e. The van der Waals surface area contributed by atoms with Gasteiger partial charge in [0, 0.05) is 42.9 Å². The van der Waals surface area contributed by atoms with Crippen LogP contribution in [0.1, 0.15) is 70.1 Å². The van der Waals surface area contributed by atoms with Crippen molar-refractivity contribution in [2.45, 2.75) is 57.5 Å². The van der Waals surface area contributed by atoms with Gasteiger partial charge < -0.3 is 5.32 Å². The van der Waals surface area contributed by atoms with E-state index < -0.39 is 29.7 Å². The second-order valence-corrected chi connectivity index (χ2v) is 11.5. The van der Waals surface area contributed by atoms with Crippen molar-refractivity contribution < 1.29 is 23.6 Å². The Kier molecular flexibility index (Phi) is 5.98. The highest BCUT2D eigenvalue weighted by Crippen LogP contribution is 2.45. The molecule has 4 amide bonds. The fraction of sp³-hybridized carbons (Fsp3) is 0.400. The maximum Gasteiger partial charge on any atom is 0.262 e. The van der Waals surface area contributed by atoms with E-state index in [-0.39, 0.29) is 29.8 Å². The van der Waals surface area contributed by atoms with Crippen LogP contribution in [0.5, 0.6) is 0 Å². The highest BCUT2D eigenvalue weighted by atomic mass is 19.1. The Labute approximate surface area is 235 Å². The monoisotopic (exact) mass is 556 g/mol. The summed E-state index contributed by atoms with van der Waals surface area (Å²) in [5.74, 6) is -1.03. The minimum Gasteiger partial charge on any atom is -0.385 e. The van der Waals surface area contributed by atoms with Gasteiger partial charge in [-0.15, -0.1) is 0 Å². The number of carbonyl (C=O) groups excluding carboxylic acids is 4. The molecule has 3 fully saturated rings. The first-order valence-electron chi connectivity index (χ1n) is 14.1. The number of benzene rings is 1. The summed E-state index contributed by atoms with van der Waals surface area (Å²) in [5.41, 5.74) is 4.42. The standard InChI is InChI=1S/C30H29FN6O4/c1-15-23(31)6-7-24(33-15)22-14-36(35-27(22)16-2-3-16)13-18-10-17(18)12-32-19-4-5-20-21(11-19)30(41)37(29(20)40)25-8-9-26(38)34-28(25)39/h4-7,11,14,16-18,25,32H,2-3,8-10,12-13H2,1H3,(H,34,38,39). The molecule has 2 aliphatic heterocycles. The molecular formula is C30H29FN6O4. The molecule has 210 valence electrons. The predicted molar refractivity (Wildman–Crippen MR) is 145 cm³/mol. The maximum atomic E-state index is 13.8. The zero-order valence-electron chi connectivity index (χ0n) is 22.5. The fourth-order valence-electron chi connectivity index (χ4n) is 5.93. The molecule has 11 heteroatoms. The average molecular weight is 557 g/mol. The Morgan fingerprint density at radius 1 is 1.00 bits per heavy atom. The minimum absolute atomic E-state index is 0.0870. The topological polar surface area (TPSA) is 126 Å². The summed E-state index contributed by atoms with van der Waals surface area (Å²) in [7, 11) is 0. The van der Waals surface area contributed by atoms with E-state index in [4.69, 9.17) is 5.10 Å². The molecule has 0 spiro atoms. The molecule has 0 radical (unpaired) electrons. The van der Waals surface area contributed by atoms with E-state index in [1.165, 1.54) is 6.07 Å². The van der Waals surface area contributed by atoms with E-state index in [2.05, 4.69) is 15.6 Å². The second kappa shape index (κ2) is 9.60. The number of hydrogen-bond donors (Lipinski definition) is 2. The van der Waals surface area contributed by atoms with Crippen molar-refractivity contribution in [3.8, 4) is 11.3 Å². The number of aromatic nitrogens is 3. The Balaban J connectivity index is 0.988. The number of rotatable bonds is 8. The lowest BCUT2D eigenvalue weighted by molar-refractivity contribution is -0.136. The van der Waals surface area contributed by atoms with Crippen molar-refractivity contribution in [1.82, 2.24) is 25.0 Å². The van der Waals surface area contributed by atoms with Crippen LogP contribution >= 0.6 is 0 Å². The van der Waals surface area contributed by atoms with Crippen LogP contribution in [0, 0.1) is 24.6 Å². The van der Waals surface area contributed by atoms with Gasteiger partial charge in [0.25, 0.3) is 11.8 Å². The molecule has 2 N–H and O–H groups in total. The number of anilines is 1. The summed E-state index contributed by atoms with van der Waals surface area (Å²) in [6, 6.07) is 7.26. The van der Waals surface area contributed by atoms with Gasteiger partial charge in [-0.2, -0.15) is 5.10 Å². The van der Waals surface area contributed by atoms with Crippen molar-refractivity contribution in [1.29, 1.82) is 0 Å². The molecule has 1 saturated heterocycles. The zero-order valence-corrected chi connectivity index (χ0v) is 22.5. The van der Waals surface area contributed by atoms with Crippen LogP contribution < -0.4 is 10.6 Å². The van der Waals surface area contributed by atoms with Gasteiger partial charge in [0.1, 0.15) is 11.9 Å². The Morgan fingerprint density at radius 3 is 2.56 bits per heavy atom. The zero-order chi connectivity index (χ0) is 28.4. The van der Waals surface area contributed by atoms with Crippen LogP contribution in [-0.4, -0.2) is 55.9 Å². The molecule has 2 aromatic heterocycles. The first-order chi connectivity index (χ1) is 19.8. The van der Waals surface area contributed by atoms with Crippen molar-refractivity contribution >= 4 is 29.3 Å². The summed E-state index contributed by atoms with van der Waals surface area (Å²) in [4.78, 5) is 55.2. The number of piperidine rings is 1. The molecule has 1 aromatic carbocycles. The van der Waals surface area contributed by atoms with Gasteiger partial charge in [0.15, 0.2) is 0 Å². The van der Waals surface area contributed by atoms with Crippen molar-refractivity contribution in [2.75, 3.05) is 11.9 Å². The molecule has 3 unspecified atom stereocenters. The van der Waals surface area contributed by atoms with Crippen molar-refractivity contribution in [3.05, 3.63) is 64.9 Å². The van der Waals surface area contributed by atoms with Crippen LogP contribution in [0.3, 0.4) is 0 Å². The Hall–Kier alpha value is -4.41. The third-order valence-electron chi connectivity index (χ3n) is 8.55. The lowest BCUT2D eigenvalue weighted by Crippen LogP contribution is -2.54. The highest BCUT2D eigenvalue weighted by Gasteiger charge is 2.45. The first-order valence-corrected chi connectivity index (χ1v) is 14.1. The summed E-state index contributed by atoms with van der Waals surface area (Å²) in [5, 5.41) is 10.5. The number of hydrogen-bond acceptors (Lipinski definition) is 7. The van der Waals surface area contributed by atoms with Crippen LogP contribution in [0.2, 0.25) is 0 Å². The third-order valence-corrected chi connectivity index (χ3v) is 8.55. The molecule has 2 saturated carbocycles. The molecule has 10 nitrogen and oxygen atoms in total. The maximum absolute atomic E-state index is 13.8. The molecule has 4 heterocycles. The first kappa shape index (κ1) is 25.6. The minimum atomic E-state index is -0.977. The highest BCUT2D eigenvalue weighted by molar-refractivity contribution is 6.23. The molecule has 3 atom stereocenters. The largest absolute Gasteiger partial charge is 0.385 e. The average Bonchev–Trinajstić information content (AvgIpc) is 3.87. The van der Waals surface area contributed by atoms with E-state index in [1.54, 1.807) is 31.2 Å². The quantitative estimate of drug-likeness (QED) is 0.407. The van der Waals surface area contributed by atoms with E-state index in [1.807, 2.05) is 10.9 Å². The molecule has 7 rings (SSSR count). The number of aryl methyl sites for hydroxylation is 1. The van der Waals surface area contributed by atoms with Gasteiger partial charge >= 0.3 is 0 Å². The Morgan fingerprint density at radius 2 is 1.80 bits per heavy atom. The molecular weight excluding hydrogens is 527 g/mol. The number of pyridine rings is 1. The summed E-state index contributed by atoms with van der Waals surface area (Å²) in [6.07, 6.45) is 5.52. The number of fused-ring (bicyclic) bond motifs is 1. The van der Waals surface area contributed by atoms with Gasteiger partial charge in [0.05, 0.1) is 28.2 Å². The molecule has 4 aliphatic rings. The fourth-order valence-corrected chi connectivity index (χ4v) is 5.93. The molecule has 3 aromatic rings. The molecule has 2 aliphatic carbocycles. The van der Waals surface area contributed by atoms with Gasteiger partial charge in [-0.05, 0) is 74.8 Å². The van der Waals surface area contributed by atoms with Gasteiger partial charge in [-0.25, -0.2) is 9.37 Å². The lowest BCUT2D eigenvalue weighted by Gasteiger charge is -2.27. The number of halogens is 1. The van der Waals surface area contributed by atoms with Gasteiger partial charge in [0.2, 0.25) is 11.8 Å². The second-order valence-electron chi connectivity index (χ2n) is 11.5. The van der Waals surface area contributed by atoms with E-state index in [0.717, 1.165) is 53.3 Å². The number of imide groups is 2. The van der Waals surface area contributed by atoms with Crippen molar-refractivity contribution in [2.24, 2.45) is 11.8 Å². The van der Waals surface area contributed by atoms with E-state index in [0.29, 0.717) is 30.0 Å². The molecule has 0 bridgehead atoms. The number of nitrogens with zero attached hydrogens (tertiary/aromatic N) is 4. The lowest BCUT2D eigenvalue weighted by atomic mass is 10.0. The summed E-state index contributed by atoms with van der Waals surface area (Å²) >= 11 is 0. The van der Waals surface area contributed by atoms with Gasteiger partial charge in [-0.1, -0.05) is 0 Å². The van der Waals surface area contributed by atoms with E-state index in [9.17, 15) is 23.6 Å². The molecule has 41 heavy (non-hydrogen) atoms. The van der Waals surface area contributed by atoms with Crippen LogP contribution in [0.4, 0.5) is 10.1 Å². The summed E-state index contributed by atoms with van der Waals surface area (Å²) in [6.45, 7) is 3.17.